The molecule has 1 aliphatic heterocycles. The van der Waals surface area contributed by atoms with Gasteiger partial charge in [0.05, 0.1) is 6.20 Å². The predicted molar refractivity (Wildman–Crippen MR) is 129 cm³/mol. The zero-order valence-electron chi connectivity index (χ0n) is 19.1. The number of anilines is 1. The second-order valence-corrected chi connectivity index (χ2v) is 8.98. The number of likely N-dealkylation sites (tertiary alicyclic amines) is 1. The Labute approximate surface area is 190 Å². The third-order valence-corrected chi connectivity index (χ3v) is 6.07. The molecular weight excluding hydrogens is 398 g/mol. The highest BCUT2D eigenvalue weighted by molar-refractivity contribution is 5.90. The number of aryl methyl sites for hydroxylation is 1. The van der Waals surface area contributed by atoms with Crippen LogP contribution < -0.4 is 5.32 Å². The molecule has 32 heavy (non-hydrogen) atoms. The fourth-order valence-corrected chi connectivity index (χ4v) is 4.10. The summed E-state index contributed by atoms with van der Waals surface area (Å²) in [5, 5.41) is 2.98. The number of oxazole rings is 1. The third-order valence-electron chi connectivity index (χ3n) is 6.07. The topological polar surface area (TPSA) is 58.4 Å². The maximum atomic E-state index is 12.4. The van der Waals surface area contributed by atoms with E-state index >= 15 is 0 Å². The number of piperidine rings is 1. The van der Waals surface area contributed by atoms with Crippen LogP contribution in [0.1, 0.15) is 62.5 Å². The molecule has 1 N–H and O–H groups in total. The SMILES string of the molecule is CC(C)c1ccc(-c2cnc(CCC(=O)Nc3ccc(CN4CCCCC4)cc3)o2)cc1. The van der Waals surface area contributed by atoms with Crippen LogP contribution in [0.3, 0.4) is 0 Å². The van der Waals surface area contributed by atoms with Crippen LogP contribution in [-0.4, -0.2) is 28.9 Å². The Bertz CT molecular complexity index is 1000. The maximum Gasteiger partial charge on any atom is 0.224 e. The minimum Gasteiger partial charge on any atom is -0.441 e. The van der Waals surface area contributed by atoms with E-state index < -0.39 is 0 Å². The summed E-state index contributed by atoms with van der Waals surface area (Å²) >= 11 is 0. The van der Waals surface area contributed by atoms with Crippen LogP contribution in [0, 0.1) is 0 Å². The molecule has 1 saturated heterocycles. The molecule has 5 heteroatoms. The molecule has 0 aliphatic carbocycles. The molecule has 0 bridgehead atoms. The number of benzene rings is 2. The lowest BCUT2D eigenvalue weighted by molar-refractivity contribution is -0.116. The zero-order chi connectivity index (χ0) is 22.3. The molecular formula is C27H33N3O2. The van der Waals surface area contributed by atoms with Gasteiger partial charge < -0.3 is 9.73 Å². The molecule has 0 radical (unpaired) electrons. The second-order valence-electron chi connectivity index (χ2n) is 8.98. The molecule has 1 aliphatic rings. The van der Waals surface area contributed by atoms with Crippen LogP contribution in [0.25, 0.3) is 11.3 Å². The Kier molecular flexibility index (Phi) is 7.38. The number of carbonyl (C=O) groups excluding carboxylic acids is 1. The van der Waals surface area contributed by atoms with Gasteiger partial charge in [0.15, 0.2) is 11.7 Å². The van der Waals surface area contributed by atoms with E-state index in [1.807, 2.05) is 12.1 Å². The first kappa shape index (κ1) is 22.3. The predicted octanol–water partition coefficient (Wildman–Crippen LogP) is 6.02. The largest absolute Gasteiger partial charge is 0.441 e. The van der Waals surface area contributed by atoms with Crippen LogP contribution in [-0.2, 0) is 17.8 Å². The average Bonchev–Trinajstić information content (AvgIpc) is 3.29. The van der Waals surface area contributed by atoms with Gasteiger partial charge in [-0.15, -0.1) is 0 Å². The maximum absolute atomic E-state index is 12.4. The Morgan fingerprint density at radius 3 is 2.44 bits per heavy atom. The molecule has 168 valence electrons. The number of amides is 1. The summed E-state index contributed by atoms with van der Waals surface area (Å²) in [5.74, 6) is 1.79. The molecule has 4 rings (SSSR count). The molecule has 1 amide bonds. The van der Waals surface area contributed by atoms with Gasteiger partial charge in [-0.25, -0.2) is 4.98 Å². The minimum absolute atomic E-state index is 0.0326. The van der Waals surface area contributed by atoms with Crippen LogP contribution in [0.4, 0.5) is 5.69 Å². The number of carbonyl (C=O) groups is 1. The molecule has 0 unspecified atom stereocenters. The molecule has 3 aromatic rings. The highest BCUT2D eigenvalue weighted by Gasteiger charge is 2.12. The van der Waals surface area contributed by atoms with E-state index in [2.05, 4.69) is 65.4 Å². The van der Waals surface area contributed by atoms with E-state index in [1.165, 1.54) is 43.5 Å². The smallest absolute Gasteiger partial charge is 0.224 e. The van der Waals surface area contributed by atoms with Gasteiger partial charge in [0, 0.05) is 30.6 Å². The lowest BCUT2D eigenvalue weighted by Crippen LogP contribution is -2.29. The van der Waals surface area contributed by atoms with Crippen molar-refractivity contribution in [3.63, 3.8) is 0 Å². The normalized spacial score (nSPS) is 14.6. The van der Waals surface area contributed by atoms with Gasteiger partial charge in [0.1, 0.15) is 0 Å². The van der Waals surface area contributed by atoms with Crippen molar-refractivity contribution < 1.29 is 9.21 Å². The van der Waals surface area contributed by atoms with Crippen molar-refractivity contribution in [2.75, 3.05) is 18.4 Å². The summed E-state index contributed by atoms with van der Waals surface area (Å²) in [4.78, 5) is 19.2. The highest BCUT2D eigenvalue weighted by atomic mass is 16.4. The van der Waals surface area contributed by atoms with Gasteiger partial charge in [-0.2, -0.15) is 0 Å². The standard InChI is InChI=1S/C27H33N3O2/c1-20(2)22-8-10-23(11-9-22)25-18-28-27(32-25)15-14-26(31)29-24-12-6-21(7-13-24)19-30-16-4-3-5-17-30/h6-13,18,20H,3-5,14-17,19H2,1-2H3,(H,29,31). The monoisotopic (exact) mass is 431 g/mol. The number of hydrogen-bond acceptors (Lipinski definition) is 4. The molecule has 1 aromatic heterocycles. The summed E-state index contributed by atoms with van der Waals surface area (Å²) in [6, 6.07) is 16.5. The zero-order valence-corrected chi connectivity index (χ0v) is 19.1. The molecule has 0 saturated carbocycles. The molecule has 2 aromatic carbocycles. The van der Waals surface area contributed by atoms with Crippen molar-refractivity contribution in [1.29, 1.82) is 0 Å². The van der Waals surface area contributed by atoms with Crippen molar-refractivity contribution in [1.82, 2.24) is 9.88 Å². The Morgan fingerprint density at radius 1 is 1.03 bits per heavy atom. The first-order valence-electron chi connectivity index (χ1n) is 11.7. The van der Waals surface area contributed by atoms with Gasteiger partial charge >= 0.3 is 0 Å². The van der Waals surface area contributed by atoms with Gasteiger partial charge in [-0.1, -0.05) is 56.7 Å². The second kappa shape index (κ2) is 10.6. The van der Waals surface area contributed by atoms with Crippen molar-refractivity contribution in [2.45, 2.75) is 58.4 Å². The van der Waals surface area contributed by atoms with Crippen LogP contribution >= 0.6 is 0 Å². The van der Waals surface area contributed by atoms with E-state index in [4.69, 9.17) is 4.42 Å². The Balaban J connectivity index is 1.25. The molecule has 1 fully saturated rings. The summed E-state index contributed by atoms with van der Waals surface area (Å²) in [6.07, 6.45) is 6.49. The van der Waals surface area contributed by atoms with Crippen LogP contribution in [0.5, 0.6) is 0 Å². The van der Waals surface area contributed by atoms with Crippen LogP contribution in [0.15, 0.2) is 59.1 Å². The van der Waals surface area contributed by atoms with Gasteiger partial charge in [0.2, 0.25) is 5.91 Å². The summed E-state index contributed by atoms with van der Waals surface area (Å²) in [7, 11) is 0. The fourth-order valence-electron chi connectivity index (χ4n) is 4.10. The summed E-state index contributed by atoms with van der Waals surface area (Å²) in [6.45, 7) is 7.71. The lowest BCUT2D eigenvalue weighted by atomic mass is 10.0. The van der Waals surface area contributed by atoms with Crippen LogP contribution in [0.2, 0.25) is 0 Å². The number of nitrogens with zero attached hydrogens (tertiary/aromatic N) is 2. The van der Waals surface area contributed by atoms with E-state index in [0.29, 0.717) is 24.7 Å². The minimum atomic E-state index is -0.0326. The first-order valence-corrected chi connectivity index (χ1v) is 11.7. The van der Waals surface area contributed by atoms with E-state index in [0.717, 1.165) is 23.6 Å². The summed E-state index contributed by atoms with van der Waals surface area (Å²) in [5.41, 5.74) is 4.42. The quantitative estimate of drug-likeness (QED) is 0.474. The Morgan fingerprint density at radius 2 is 1.75 bits per heavy atom. The van der Waals surface area contributed by atoms with Gasteiger partial charge in [0.25, 0.3) is 0 Å². The van der Waals surface area contributed by atoms with Gasteiger partial charge in [-0.05, 0) is 55.1 Å². The van der Waals surface area contributed by atoms with E-state index in [-0.39, 0.29) is 5.91 Å². The summed E-state index contributed by atoms with van der Waals surface area (Å²) < 4.78 is 5.86. The lowest BCUT2D eigenvalue weighted by Gasteiger charge is -2.26. The van der Waals surface area contributed by atoms with Crippen molar-refractivity contribution >= 4 is 11.6 Å². The molecule has 0 atom stereocenters. The van der Waals surface area contributed by atoms with E-state index in [1.54, 1.807) is 6.20 Å². The van der Waals surface area contributed by atoms with Crippen molar-refractivity contribution in [3.05, 3.63) is 71.7 Å². The molecule has 5 nitrogen and oxygen atoms in total. The molecule has 0 spiro atoms. The Hall–Kier alpha value is -2.92. The molecule has 2 heterocycles. The number of aromatic nitrogens is 1. The van der Waals surface area contributed by atoms with E-state index in [9.17, 15) is 4.79 Å². The number of hydrogen-bond donors (Lipinski definition) is 1. The first-order chi connectivity index (χ1) is 15.6. The van der Waals surface area contributed by atoms with Gasteiger partial charge in [-0.3, -0.25) is 9.69 Å². The van der Waals surface area contributed by atoms with Crippen molar-refractivity contribution in [2.24, 2.45) is 0 Å². The fraction of sp³-hybridized carbons (Fsp3) is 0.407. The number of rotatable bonds is 8. The number of nitrogens with one attached hydrogen (secondary N) is 1. The third kappa shape index (κ3) is 6.07. The average molecular weight is 432 g/mol. The highest BCUT2D eigenvalue weighted by Crippen LogP contribution is 2.24. The van der Waals surface area contributed by atoms with Crippen molar-refractivity contribution in [3.8, 4) is 11.3 Å².